The maximum absolute atomic E-state index is 13.1. The molecule has 0 spiro atoms. The third-order valence-corrected chi connectivity index (χ3v) is 4.31. The van der Waals surface area contributed by atoms with Gasteiger partial charge in [-0.2, -0.15) is 8.78 Å². The first kappa shape index (κ1) is 17.1. The summed E-state index contributed by atoms with van der Waals surface area (Å²) in [5.41, 5.74) is 1.69. The van der Waals surface area contributed by atoms with Gasteiger partial charge in [-0.3, -0.25) is 4.57 Å². The van der Waals surface area contributed by atoms with Crippen LogP contribution in [0.15, 0.2) is 67.0 Å². The summed E-state index contributed by atoms with van der Waals surface area (Å²) in [5.74, 6) is 1.54. The molecule has 0 atom stereocenters. The van der Waals surface area contributed by atoms with Gasteiger partial charge >= 0.3 is 6.55 Å². The molecule has 0 radical (unpaired) electrons. The SMILES string of the molecule is CN(Cc1nccn1C(F)F)c1nc(-c2ccccc2)nc2ccccc12. The maximum Gasteiger partial charge on any atom is 0.319 e. The van der Waals surface area contributed by atoms with Crippen molar-refractivity contribution >= 4 is 16.7 Å². The molecule has 4 rings (SSSR count). The molecule has 0 N–H and O–H groups in total. The number of hydrogen-bond donors (Lipinski definition) is 0. The normalized spacial score (nSPS) is 11.3. The second-order valence-corrected chi connectivity index (χ2v) is 6.14. The Morgan fingerprint density at radius 3 is 2.52 bits per heavy atom. The number of benzene rings is 2. The number of rotatable bonds is 5. The Balaban J connectivity index is 1.78. The minimum absolute atomic E-state index is 0.201. The van der Waals surface area contributed by atoms with E-state index >= 15 is 0 Å². The van der Waals surface area contributed by atoms with Gasteiger partial charge in [0.05, 0.1) is 12.1 Å². The predicted octanol–water partition coefficient (Wildman–Crippen LogP) is 4.52. The fraction of sp³-hybridized carbons (Fsp3) is 0.150. The van der Waals surface area contributed by atoms with E-state index in [1.54, 1.807) is 0 Å². The molecule has 0 bridgehead atoms. The number of alkyl halides is 2. The van der Waals surface area contributed by atoms with E-state index in [4.69, 9.17) is 4.98 Å². The lowest BCUT2D eigenvalue weighted by atomic mass is 10.2. The first-order valence-corrected chi connectivity index (χ1v) is 8.46. The third-order valence-electron chi connectivity index (χ3n) is 4.31. The first-order chi connectivity index (χ1) is 13.1. The minimum Gasteiger partial charge on any atom is -0.352 e. The lowest BCUT2D eigenvalue weighted by molar-refractivity contribution is 0.0670. The molecule has 0 saturated heterocycles. The lowest BCUT2D eigenvalue weighted by Crippen LogP contribution is -2.21. The Kier molecular flexibility index (Phi) is 4.50. The number of anilines is 1. The van der Waals surface area contributed by atoms with E-state index < -0.39 is 6.55 Å². The van der Waals surface area contributed by atoms with Crippen molar-refractivity contribution in [2.75, 3.05) is 11.9 Å². The van der Waals surface area contributed by atoms with E-state index in [1.807, 2.05) is 66.5 Å². The van der Waals surface area contributed by atoms with Crippen LogP contribution in [0.1, 0.15) is 12.4 Å². The van der Waals surface area contributed by atoms with Crippen LogP contribution in [0.2, 0.25) is 0 Å². The van der Waals surface area contributed by atoms with Gasteiger partial charge in [0.25, 0.3) is 0 Å². The summed E-state index contributed by atoms with van der Waals surface area (Å²) in [6.07, 6.45) is 2.66. The predicted molar refractivity (Wildman–Crippen MR) is 101 cm³/mol. The van der Waals surface area contributed by atoms with Crippen molar-refractivity contribution in [3.8, 4) is 11.4 Å². The van der Waals surface area contributed by atoms with Gasteiger partial charge in [-0.1, -0.05) is 42.5 Å². The van der Waals surface area contributed by atoms with E-state index in [0.29, 0.717) is 11.6 Å². The number of nitrogens with zero attached hydrogens (tertiary/aromatic N) is 5. The Hall–Kier alpha value is -3.35. The second kappa shape index (κ2) is 7.11. The third kappa shape index (κ3) is 3.36. The van der Waals surface area contributed by atoms with Crippen LogP contribution < -0.4 is 4.90 Å². The van der Waals surface area contributed by atoms with Crippen molar-refractivity contribution in [1.82, 2.24) is 19.5 Å². The molecule has 2 aromatic carbocycles. The molecule has 0 unspecified atom stereocenters. The fourth-order valence-corrected chi connectivity index (χ4v) is 3.00. The molecule has 5 nitrogen and oxygen atoms in total. The molecule has 2 heterocycles. The van der Waals surface area contributed by atoms with Gasteiger partial charge in [0.1, 0.15) is 11.6 Å². The Bertz CT molecular complexity index is 1060. The smallest absolute Gasteiger partial charge is 0.319 e. The molecule has 7 heteroatoms. The summed E-state index contributed by atoms with van der Waals surface area (Å²) in [6.45, 7) is -2.43. The molecule has 4 aromatic rings. The Labute approximate surface area is 154 Å². The van der Waals surface area contributed by atoms with Crippen LogP contribution in [0.25, 0.3) is 22.3 Å². The Morgan fingerprint density at radius 1 is 1.00 bits per heavy atom. The number of hydrogen-bond acceptors (Lipinski definition) is 4. The standard InChI is InChI=1S/C20H17F2N5/c1-26(13-17-23-11-12-27(17)20(21)22)19-15-9-5-6-10-16(15)24-18(25-19)14-7-3-2-4-8-14/h2-12,20H,13H2,1H3. The summed E-state index contributed by atoms with van der Waals surface area (Å²) in [5, 5.41) is 0.856. The summed E-state index contributed by atoms with van der Waals surface area (Å²) < 4.78 is 27.1. The van der Waals surface area contributed by atoms with Gasteiger partial charge in [0.2, 0.25) is 0 Å². The van der Waals surface area contributed by atoms with Crippen LogP contribution in [0, 0.1) is 0 Å². The van der Waals surface area contributed by atoms with Crippen molar-refractivity contribution in [3.63, 3.8) is 0 Å². The van der Waals surface area contributed by atoms with E-state index in [9.17, 15) is 8.78 Å². The number of halogens is 2. The summed E-state index contributed by atoms with van der Waals surface area (Å²) >= 11 is 0. The van der Waals surface area contributed by atoms with Crippen molar-refractivity contribution in [3.05, 3.63) is 72.8 Å². The summed E-state index contributed by atoms with van der Waals surface area (Å²) in [6, 6.07) is 17.3. The van der Waals surface area contributed by atoms with E-state index in [1.165, 1.54) is 12.4 Å². The topological polar surface area (TPSA) is 46.8 Å². The van der Waals surface area contributed by atoms with Crippen molar-refractivity contribution in [2.24, 2.45) is 0 Å². The zero-order chi connectivity index (χ0) is 18.8. The van der Waals surface area contributed by atoms with Crippen molar-refractivity contribution in [1.29, 1.82) is 0 Å². The molecular formula is C20H17F2N5. The average Bonchev–Trinajstić information content (AvgIpc) is 3.16. The maximum atomic E-state index is 13.1. The largest absolute Gasteiger partial charge is 0.352 e. The molecule has 0 aliphatic carbocycles. The van der Waals surface area contributed by atoms with Gasteiger partial charge in [-0.25, -0.2) is 15.0 Å². The van der Waals surface area contributed by atoms with Gasteiger partial charge in [0, 0.05) is 30.4 Å². The molecule has 0 fully saturated rings. The minimum atomic E-state index is -2.63. The van der Waals surface area contributed by atoms with Gasteiger partial charge < -0.3 is 4.90 Å². The molecule has 27 heavy (non-hydrogen) atoms. The highest BCUT2D eigenvalue weighted by atomic mass is 19.3. The molecular weight excluding hydrogens is 348 g/mol. The van der Waals surface area contributed by atoms with Gasteiger partial charge in [-0.05, 0) is 12.1 Å². The van der Waals surface area contributed by atoms with E-state index in [0.717, 1.165) is 21.0 Å². The molecule has 0 aliphatic heterocycles. The van der Waals surface area contributed by atoms with E-state index in [2.05, 4.69) is 9.97 Å². The van der Waals surface area contributed by atoms with Crippen LogP contribution in [0.5, 0.6) is 0 Å². The highest BCUT2D eigenvalue weighted by Crippen LogP contribution is 2.28. The number of para-hydroxylation sites is 1. The lowest BCUT2D eigenvalue weighted by Gasteiger charge is -2.21. The monoisotopic (exact) mass is 365 g/mol. The summed E-state index contributed by atoms with van der Waals surface area (Å²) in [7, 11) is 1.81. The molecule has 136 valence electrons. The van der Waals surface area contributed by atoms with Crippen LogP contribution in [-0.2, 0) is 6.54 Å². The van der Waals surface area contributed by atoms with Crippen LogP contribution in [0.3, 0.4) is 0 Å². The van der Waals surface area contributed by atoms with Gasteiger partial charge in [-0.15, -0.1) is 0 Å². The zero-order valence-corrected chi connectivity index (χ0v) is 14.6. The molecule has 2 aromatic heterocycles. The number of fused-ring (bicyclic) bond motifs is 1. The van der Waals surface area contributed by atoms with Crippen LogP contribution in [-0.4, -0.2) is 26.6 Å². The number of imidazole rings is 1. The van der Waals surface area contributed by atoms with Crippen LogP contribution in [0.4, 0.5) is 14.6 Å². The fourth-order valence-electron chi connectivity index (χ4n) is 3.00. The molecule has 0 saturated carbocycles. The highest BCUT2D eigenvalue weighted by Gasteiger charge is 2.17. The molecule has 0 aliphatic rings. The summed E-state index contributed by atoms with van der Waals surface area (Å²) in [4.78, 5) is 15.2. The zero-order valence-electron chi connectivity index (χ0n) is 14.6. The second-order valence-electron chi connectivity index (χ2n) is 6.14. The molecule has 0 amide bonds. The highest BCUT2D eigenvalue weighted by molar-refractivity contribution is 5.90. The van der Waals surface area contributed by atoms with Crippen molar-refractivity contribution < 1.29 is 8.78 Å². The first-order valence-electron chi connectivity index (χ1n) is 8.46. The van der Waals surface area contributed by atoms with Gasteiger partial charge in [0.15, 0.2) is 5.82 Å². The quantitative estimate of drug-likeness (QED) is 0.521. The van der Waals surface area contributed by atoms with E-state index in [-0.39, 0.29) is 12.4 Å². The number of aromatic nitrogens is 4. The van der Waals surface area contributed by atoms with Crippen molar-refractivity contribution in [2.45, 2.75) is 13.1 Å². The average molecular weight is 365 g/mol. The van der Waals surface area contributed by atoms with Crippen LogP contribution >= 0.6 is 0 Å². The Morgan fingerprint density at radius 2 is 1.74 bits per heavy atom.